The molecule has 0 aliphatic heterocycles. The van der Waals surface area contributed by atoms with E-state index in [0.29, 0.717) is 5.69 Å². The number of nitrogens with one attached hydrogen (secondary N) is 1. The lowest BCUT2D eigenvalue weighted by molar-refractivity contribution is -0.385. The molecule has 1 N–H and O–H groups in total. The third kappa shape index (κ3) is 3.09. The number of pyridine rings is 1. The number of hydrogen-bond donors (Lipinski definition) is 1. The highest BCUT2D eigenvalue weighted by atomic mass is 16.6. The molecule has 0 unspecified atom stereocenters. The van der Waals surface area contributed by atoms with Crippen LogP contribution in [0.25, 0.3) is 12.2 Å². The first-order valence-corrected chi connectivity index (χ1v) is 6.20. The highest BCUT2D eigenvalue weighted by Crippen LogP contribution is 2.24. The maximum atomic E-state index is 10.5. The molecule has 2 rings (SSSR count). The van der Waals surface area contributed by atoms with Crippen LogP contribution in [-0.4, -0.2) is 20.1 Å². The topological polar surface area (TPSA) is 84.7 Å². The zero-order chi connectivity index (χ0) is 14.8. The average molecular weight is 272 g/mol. The van der Waals surface area contributed by atoms with Crippen LogP contribution in [0, 0.1) is 10.1 Å². The number of H-pyrrole nitrogens is 1. The molecule has 0 amide bonds. The van der Waals surface area contributed by atoms with E-state index in [1.807, 2.05) is 12.2 Å². The summed E-state index contributed by atoms with van der Waals surface area (Å²) in [5.41, 5.74) is 2.64. The summed E-state index contributed by atoms with van der Waals surface area (Å²) in [7, 11) is 0. The molecule has 2 aromatic heterocycles. The van der Waals surface area contributed by atoms with E-state index in [1.165, 1.54) is 12.3 Å². The van der Waals surface area contributed by atoms with Crippen LogP contribution in [0.15, 0.2) is 24.5 Å². The molecule has 0 fully saturated rings. The molecule has 0 radical (unpaired) electrons. The van der Waals surface area contributed by atoms with Gasteiger partial charge in [0, 0.05) is 22.7 Å². The van der Waals surface area contributed by atoms with Crippen molar-refractivity contribution >= 4 is 17.8 Å². The lowest BCUT2D eigenvalue weighted by atomic mass is 9.89. The van der Waals surface area contributed by atoms with Gasteiger partial charge in [0.25, 0.3) is 5.69 Å². The van der Waals surface area contributed by atoms with E-state index in [9.17, 15) is 10.1 Å². The van der Waals surface area contributed by atoms with Crippen LogP contribution in [0.5, 0.6) is 0 Å². The maximum absolute atomic E-state index is 10.5. The molecule has 0 aliphatic carbocycles. The third-order valence-electron chi connectivity index (χ3n) is 2.83. The van der Waals surface area contributed by atoms with Gasteiger partial charge in [-0.25, -0.2) is 4.98 Å². The van der Waals surface area contributed by atoms with Gasteiger partial charge in [-0.3, -0.25) is 15.2 Å². The fourth-order valence-electron chi connectivity index (χ4n) is 1.80. The molecule has 0 saturated heterocycles. The molecule has 0 aliphatic rings. The Bertz CT molecular complexity index is 636. The molecule has 20 heavy (non-hydrogen) atoms. The summed E-state index contributed by atoms with van der Waals surface area (Å²) in [6, 6.07) is 3.05. The zero-order valence-electron chi connectivity index (χ0n) is 11.6. The Morgan fingerprint density at radius 3 is 2.55 bits per heavy atom. The van der Waals surface area contributed by atoms with Crippen molar-refractivity contribution in [2.75, 3.05) is 0 Å². The standard InChI is InChI=1S/C14H16N4O2/c1-14(2,3)13-10(8-16-17-13)4-5-11-6-7-12(9-15-11)18(19)20/h4-9H,1-3H3,(H,16,17). The molecule has 6 nitrogen and oxygen atoms in total. The molecule has 0 saturated carbocycles. The summed E-state index contributed by atoms with van der Waals surface area (Å²) >= 11 is 0. The van der Waals surface area contributed by atoms with Gasteiger partial charge in [-0.05, 0) is 18.2 Å². The van der Waals surface area contributed by atoms with Crippen molar-refractivity contribution in [2.24, 2.45) is 0 Å². The number of hydrogen-bond acceptors (Lipinski definition) is 4. The van der Waals surface area contributed by atoms with Gasteiger partial charge in [0.15, 0.2) is 0 Å². The van der Waals surface area contributed by atoms with Crippen molar-refractivity contribution in [1.29, 1.82) is 0 Å². The van der Waals surface area contributed by atoms with Gasteiger partial charge >= 0.3 is 0 Å². The van der Waals surface area contributed by atoms with E-state index in [4.69, 9.17) is 0 Å². The van der Waals surface area contributed by atoms with E-state index >= 15 is 0 Å². The minimum Gasteiger partial charge on any atom is -0.281 e. The molecule has 0 spiro atoms. The van der Waals surface area contributed by atoms with Crippen LogP contribution in [0.4, 0.5) is 5.69 Å². The van der Waals surface area contributed by atoms with Gasteiger partial charge in [-0.1, -0.05) is 20.8 Å². The first kappa shape index (κ1) is 13.9. The predicted molar refractivity (Wildman–Crippen MR) is 77.1 cm³/mol. The average Bonchev–Trinajstić information content (AvgIpc) is 2.85. The number of rotatable bonds is 3. The van der Waals surface area contributed by atoms with Crippen molar-refractivity contribution in [3.63, 3.8) is 0 Å². The van der Waals surface area contributed by atoms with Gasteiger partial charge in [0.2, 0.25) is 0 Å². The summed E-state index contributed by atoms with van der Waals surface area (Å²) < 4.78 is 0. The number of aromatic nitrogens is 3. The van der Waals surface area contributed by atoms with Crippen molar-refractivity contribution in [2.45, 2.75) is 26.2 Å². The number of nitro groups is 1. The summed E-state index contributed by atoms with van der Waals surface area (Å²) in [6.07, 6.45) is 6.71. The van der Waals surface area contributed by atoms with Crippen molar-refractivity contribution in [3.05, 3.63) is 51.6 Å². The highest BCUT2D eigenvalue weighted by molar-refractivity contribution is 5.69. The molecule has 104 valence electrons. The monoisotopic (exact) mass is 272 g/mol. The Hall–Kier alpha value is -2.50. The Kier molecular flexibility index (Phi) is 3.65. The van der Waals surface area contributed by atoms with Crippen LogP contribution in [0.3, 0.4) is 0 Å². The predicted octanol–water partition coefficient (Wildman–Crippen LogP) is 3.18. The Labute approximate surface area is 116 Å². The Balaban J connectivity index is 2.22. The van der Waals surface area contributed by atoms with E-state index in [1.54, 1.807) is 12.3 Å². The van der Waals surface area contributed by atoms with E-state index in [0.717, 1.165) is 11.3 Å². The molecule has 0 atom stereocenters. The van der Waals surface area contributed by atoms with Crippen LogP contribution in [0.1, 0.15) is 37.7 Å². The van der Waals surface area contributed by atoms with E-state index < -0.39 is 4.92 Å². The first-order valence-electron chi connectivity index (χ1n) is 6.20. The Morgan fingerprint density at radius 2 is 2.00 bits per heavy atom. The van der Waals surface area contributed by atoms with Crippen LogP contribution >= 0.6 is 0 Å². The molecule has 0 bridgehead atoms. The van der Waals surface area contributed by atoms with Gasteiger partial charge in [-0.2, -0.15) is 5.10 Å². The van der Waals surface area contributed by atoms with Gasteiger partial charge < -0.3 is 0 Å². The number of aromatic amines is 1. The summed E-state index contributed by atoms with van der Waals surface area (Å²) in [5.74, 6) is 0. The molecular weight excluding hydrogens is 256 g/mol. The normalized spacial score (nSPS) is 11.9. The summed E-state index contributed by atoms with van der Waals surface area (Å²) in [6.45, 7) is 6.30. The van der Waals surface area contributed by atoms with Crippen LogP contribution in [-0.2, 0) is 5.41 Å². The van der Waals surface area contributed by atoms with Gasteiger partial charge in [0.1, 0.15) is 6.20 Å². The zero-order valence-corrected chi connectivity index (χ0v) is 11.6. The molecular formula is C14H16N4O2. The molecule has 0 aromatic carbocycles. The smallest absolute Gasteiger partial charge is 0.281 e. The Morgan fingerprint density at radius 1 is 1.25 bits per heavy atom. The second-order valence-electron chi connectivity index (χ2n) is 5.48. The second kappa shape index (κ2) is 5.24. The second-order valence-corrected chi connectivity index (χ2v) is 5.48. The van der Waals surface area contributed by atoms with Crippen LogP contribution in [0.2, 0.25) is 0 Å². The van der Waals surface area contributed by atoms with E-state index in [-0.39, 0.29) is 11.1 Å². The van der Waals surface area contributed by atoms with E-state index in [2.05, 4.69) is 36.0 Å². The number of nitrogens with zero attached hydrogens (tertiary/aromatic N) is 3. The fraction of sp³-hybridized carbons (Fsp3) is 0.286. The minimum absolute atomic E-state index is 0.0131. The summed E-state index contributed by atoms with van der Waals surface area (Å²) in [4.78, 5) is 14.1. The fourth-order valence-corrected chi connectivity index (χ4v) is 1.80. The van der Waals surface area contributed by atoms with Gasteiger partial charge in [0.05, 0.1) is 16.8 Å². The van der Waals surface area contributed by atoms with Crippen LogP contribution < -0.4 is 0 Å². The minimum atomic E-state index is -0.464. The first-order chi connectivity index (χ1) is 9.38. The molecule has 2 heterocycles. The lowest BCUT2D eigenvalue weighted by Crippen LogP contribution is -2.13. The lowest BCUT2D eigenvalue weighted by Gasteiger charge is -2.17. The highest BCUT2D eigenvalue weighted by Gasteiger charge is 2.18. The largest absolute Gasteiger partial charge is 0.287 e. The maximum Gasteiger partial charge on any atom is 0.287 e. The van der Waals surface area contributed by atoms with Crippen molar-refractivity contribution in [1.82, 2.24) is 15.2 Å². The van der Waals surface area contributed by atoms with Gasteiger partial charge in [-0.15, -0.1) is 0 Å². The summed E-state index contributed by atoms with van der Waals surface area (Å²) in [5, 5.41) is 17.6. The molecule has 2 aromatic rings. The molecule has 6 heteroatoms. The quantitative estimate of drug-likeness (QED) is 0.687. The third-order valence-corrected chi connectivity index (χ3v) is 2.83. The van der Waals surface area contributed by atoms with Crippen molar-refractivity contribution in [3.8, 4) is 0 Å². The van der Waals surface area contributed by atoms with Crippen molar-refractivity contribution < 1.29 is 4.92 Å². The SMILES string of the molecule is CC(C)(C)c1[nH]ncc1C=Cc1ccc([N+](=O)[O-])cn1.